The van der Waals surface area contributed by atoms with Gasteiger partial charge in [-0.25, -0.2) is 9.78 Å². The Hall–Kier alpha value is -1.59. The van der Waals surface area contributed by atoms with Gasteiger partial charge in [0.15, 0.2) is 0 Å². The van der Waals surface area contributed by atoms with Crippen molar-refractivity contribution < 1.29 is 9.53 Å². The van der Waals surface area contributed by atoms with Crippen LogP contribution in [-0.2, 0) is 4.74 Å². The van der Waals surface area contributed by atoms with E-state index in [-0.39, 0.29) is 6.09 Å². The van der Waals surface area contributed by atoms with Crippen LogP contribution in [0.2, 0.25) is 5.02 Å². The van der Waals surface area contributed by atoms with Gasteiger partial charge in [-0.15, -0.1) is 11.3 Å². The first-order valence-corrected chi connectivity index (χ1v) is 8.75. The van der Waals surface area contributed by atoms with Gasteiger partial charge in [0.05, 0.1) is 10.2 Å². The van der Waals surface area contributed by atoms with Gasteiger partial charge in [-0.2, -0.15) is 0 Å². The summed E-state index contributed by atoms with van der Waals surface area (Å²) in [4.78, 5) is 18.5. The minimum absolute atomic E-state index is 0.260. The summed E-state index contributed by atoms with van der Waals surface area (Å²) in [5, 5.41) is 1.73. The van der Waals surface area contributed by atoms with Crippen LogP contribution in [-0.4, -0.2) is 34.7 Å². The highest BCUT2D eigenvalue weighted by Gasteiger charge is 2.24. The van der Waals surface area contributed by atoms with Gasteiger partial charge in [0.25, 0.3) is 0 Å². The second-order valence-electron chi connectivity index (χ2n) is 6.54. The molecule has 1 amide bonds. The van der Waals surface area contributed by atoms with Gasteiger partial charge in [-0.1, -0.05) is 17.7 Å². The van der Waals surface area contributed by atoms with Crippen LogP contribution in [0.1, 0.15) is 32.2 Å². The quantitative estimate of drug-likeness (QED) is 0.728. The van der Waals surface area contributed by atoms with Gasteiger partial charge < -0.3 is 9.64 Å². The van der Waals surface area contributed by atoms with Gasteiger partial charge in [-0.3, -0.25) is 0 Å². The van der Waals surface area contributed by atoms with Crippen molar-refractivity contribution in [1.29, 1.82) is 0 Å². The normalized spacial score (nSPS) is 15.7. The van der Waals surface area contributed by atoms with E-state index in [1.165, 1.54) is 5.57 Å². The fourth-order valence-electron chi connectivity index (χ4n) is 2.39. The zero-order chi connectivity index (χ0) is 16.6. The lowest BCUT2D eigenvalue weighted by atomic mass is 10.1. The minimum Gasteiger partial charge on any atom is -0.444 e. The van der Waals surface area contributed by atoms with Crippen LogP contribution in [0.4, 0.5) is 4.79 Å². The molecule has 4 nitrogen and oxygen atoms in total. The number of fused-ring (bicyclic) bond motifs is 1. The summed E-state index contributed by atoms with van der Waals surface area (Å²) in [6.07, 6.45) is 2.59. The molecule has 122 valence electrons. The summed E-state index contributed by atoms with van der Waals surface area (Å²) in [6, 6.07) is 5.73. The lowest BCUT2D eigenvalue weighted by Gasteiger charge is -2.29. The average Bonchev–Trinajstić information content (AvgIpc) is 2.88. The molecule has 23 heavy (non-hydrogen) atoms. The number of hydrogen-bond donors (Lipinski definition) is 0. The third kappa shape index (κ3) is 3.85. The first-order valence-electron chi connectivity index (χ1n) is 7.55. The first-order chi connectivity index (χ1) is 10.8. The summed E-state index contributed by atoms with van der Waals surface area (Å²) in [5.74, 6) is 0. The van der Waals surface area contributed by atoms with Crippen LogP contribution >= 0.6 is 22.9 Å². The van der Waals surface area contributed by atoms with Crippen molar-refractivity contribution in [3.63, 3.8) is 0 Å². The number of nitrogens with zero attached hydrogens (tertiary/aromatic N) is 2. The largest absolute Gasteiger partial charge is 0.444 e. The molecule has 2 heterocycles. The molecule has 3 rings (SSSR count). The second kappa shape index (κ2) is 6.13. The molecule has 1 aromatic heterocycles. The Labute approximate surface area is 144 Å². The highest BCUT2D eigenvalue weighted by Crippen LogP contribution is 2.32. The highest BCUT2D eigenvalue weighted by atomic mass is 35.5. The molecule has 0 aliphatic carbocycles. The van der Waals surface area contributed by atoms with E-state index in [1.807, 2.05) is 39.0 Å². The van der Waals surface area contributed by atoms with Crippen LogP contribution in [0, 0.1) is 0 Å². The summed E-state index contributed by atoms with van der Waals surface area (Å²) in [7, 11) is 0. The van der Waals surface area contributed by atoms with Crippen molar-refractivity contribution >= 4 is 44.8 Å². The Balaban J connectivity index is 1.74. The number of aromatic nitrogens is 1. The van der Waals surface area contributed by atoms with Crippen LogP contribution < -0.4 is 0 Å². The Kier molecular flexibility index (Phi) is 4.34. The Morgan fingerprint density at radius 3 is 2.83 bits per heavy atom. The highest BCUT2D eigenvalue weighted by molar-refractivity contribution is 7.19. The van der Waals surface area contributed by atoms with Crippen LogP contribution in [0.5, 0.6) is 0 Å². The second-order valence-corrected chi connectivity index (χ2v) is 8.00. The molecule has 0 radical (unpaired) electrons. The van der Waals surface area contributed by atoms with Crippen LogP contribution in [0.15, 0.2) is 24.3 Å². The lowest BCUT2D eigenvalue weighted by Crippen LogP contribution is -2.39. The number of rotatable bonds is 1. The number of halogens is 1. The van der Waals surface area contributed by atoms with E-state index in [0.29, 0.717) is 13.1 Å². The number of hydrogen-bond acceptors (Lipinski definition) is 4. The minimum atomic E-state index is -0.465. The molecule has 0 fully saturated rings. The maximum absolute atomic E-state index is 12.1. The molecule has 0 saturated carbocycles. The molecular formula is C17H19ClN2O2S. The van der Waals surface area contributed by atoms with Gasteiger partial charge in [0, 0.05) is 18.1 Å². The summed E-state index contributed by atoms with van der Waals surface area (Å²) in [6.45, 7) is 6.84. The molecule has 2 aromatic rings. The molecule has 1 aliphatic rings. The van der Waals surface area contributed by atoms with Crippen molar-refractivity contribution in [3.05, 3.63) is 34.3 Å². The van der Waals surface area contributed by atoms with E-state index in [0.717, 1.165) is 26.7 Å². The number of benzene rings is 1. The van der Waals surface area contributed by atoms with E-state index < -0.39 is 5.60 Å². The van der Waals surface area contributed by atoms with E-state index in [9.17, 15) is 4.79 Å². The van der Waals surface area contributed by atoms with E-state index >= 15 is 0 Å². The summed E-state index contributed by atoms with van der Waals surface area (Å²) < 4.78 is 6.50. The maximum Gasteiger partial charge on any atom is 0.410 e. The predicted octanol–water partition coefficient (Wildman–Crippen LogP) is 4.97. The lowest BCUT2D eigenvalue weighted by molar-refractivity contribution is 0.0270. The maximum atomic E-state index is 12.1. The fourth-order valence-corrected chi connectivity index (χ4v) is 3.70. The number of thiazole rings is 1. The monoisotopic (exact) mass is 350 g/mol. The molecule has 0 spiro atoms. The summed E-state index contributed by atoms with van der Waals surface area (Å²) in [5.41, 5.74) is 1.68. The molecule has 6 heteroatoms. The molecule has 0 atom stereocenters. The number of carbonyl (C=O) groups excluding carboxylic acids is 1. The third-order valence-electron chi connectivity index (χ3n) is 3.49. The van der Waals surface area contributed by atoms with E-state index in [2.05, 4.69) is 11.1 Å². The standard InChI is InChI=1S/C17H19ClN2O2S/c1-17(2,3)22-16(21)20-8-6-11(7-9-20)15-19-13-5-4-12(18)10-14(13)23-15/h4-6,10H,7-9H2,1-3H3. The van der Waals surface area contributed by atoms with Crippen LogP contribution in [0.3, 0.4) is 0 Å². The number of ether oxygens (including phenoxy) is 1. The molecular weight excluding hydrogens is 332 g/mol. The Bertz CT molecular complexity index is 776. The van der Waals surface area contributed by atoms with Crippen molar-refractivity contribution in [2.24, 2.45) is 0 Å². The number of carbonyl (C=O) groups is 1. The first kappa shape index (κ1) is 16.3. The molecule has 1 aromatic carbocycles. The van der Waals surface area contributed by atoms with Gasteiger partial charge in [-0.05, 0) is 51.0 Å². The topological polar surface area (TPSA) is 42.4 Å². The fraction of sp³-hybridized carbons (Fsp3) is 0.412. The van der Waals surface area contributed by atoms with E-state index in [1.54, 1.807) is 16.2 Å². The molecule has 0 saturated heterocycles. The molecule has 0 unspecified atom stereocenters. The van der Waals surface area contributed by atoms with Gasteiger partial charge >= 0.3 is 6.09 Å². The third-order valence-corrected chi connectivity index (χ3v) is 4.81. The number of amides is 1. The Morgan fingerprint density at radius 2 is 2.17 bits per heavy atom. The molecule has 0 N–H and O–H groups in total. The Morgan fingerprint density at radius 1 is 1.39 bits per heavy atom. The predicted molar refractivity (Wildman–Crippen MR) is 95.0 cm³/mol. The molecule has 0 bridgehead atoms. The van der Waals surface area contributed by atoms with Gasteiger partial charge in [0.1, 0.15) is 10.6 Å². The SMILES string of the molecule is CC(C)(C)OC(=O)N1CC=C(c2nc3ccc(Cl)cc3s2)CC1. The van der Waals surface area contributed by atoms with Crippen LogP contribution in [0.25, 0.3) is 15.8 Å². The van der Waals surface area contributed by atoms with E-state index in [4.69, 9.17) is 16.3 Å². The van der Waals surface area contributed by atoms with Gasteiger partial charge in [0.2, 0.25) is 0 Å². The molecule has 1 aliphatic heterocycles. The van der Waals surface area contributed by atoms with Crippen molar-refractivity contribution in [2.45, 2.75) is 32.8 Å². The van der Waals surface area contributed by atoms with Crippen molar-refractivity contribution in [2.75, 3.05) is 13.1 Å². The smallest absolute Gasteiger partial charge is 0.410 e. The summed E-state index contributed by atoms with van der Waals surface area (Å²) >= 11 is 7.67. The average molecular weight is 351 g/mol. The van der Waals surface area contributed by atoms with Crippen molar-refractivity contribution in [3.8, 4) is 0 Å². The zero-order valence-electron chi connectivity index (χ0n) is 13.4. The van der Waals surface area contributed by atoms with Crippen molar-refractivity contribution in [1.82, 2.24) is 9.88 Å². The zero-order valence-corrected chi connectivity index (χ0v) is 15.0.